The summed E-state index contributed by atoms with van der Waals surface area (Å²) in [5.41, 5.74) is 4.34. The molecule has 0 aliphatic carbocycles. The lowest BCUT2D eigenvalue weighted by molar-refractivity contribution is 0.243. The average molecular weight is 370 g/mol. The van der Waals surface area contributed by atoms with E-state index in [9.17, 15) is 0 Å². The van der Waals surface area contributed by atoms with Gasteiger partial charge in [-0.2, -0.15) is 0 Å². The molecule has 25 heavy (non-hydrogen) atoms. The van der Waals surface area contributed by atoms with Crippen molar-refractivity contribution in [2.45, 2.75) is 19.5 Å². The molecule has 0 bridgehead atoms. The molecule has 3 aromatic rings. The van der Waals surface area contributed by atoms with E-state index in [4.69, 9.17) is 28.2 Å². The smallest absolute Gasteiger partial charge is 0.159 e. The zero-order chi connectivity index (χ0) is 17.2. The summed E-state index contributed by atoms with van der Waals surface area (Å²) in [5, 5.41) is 1.43. The van der Waals surface area contributed by atoms with Gasteiger partial charge >= 0.3 is 0 Å². The van der Waals surface area contributed by atoms with Gasteiger partial charge in [-0.25, -0.2) is 9.97 Å². The van der Waals surface area contributed by atoms with Crippen molar-refractivity contribution in [1.82, 2.24) is 14.9 Å². The molecule has 1 aromatic heterocycles. The van der Waals surface area contributed by atoms with Crippen LogP contribution in [0.25, 0.3) is 11.4 Å². The monoisotopic (exact) mass is 369 g/mol. The molecule has 1 aliphatic heterocycles. The van der Waals surface area contributed by atoms with Crippen LogP contribution in [-0.2, 0) is 19.5 Å². The zero-order valence-corrected chi connectivity index (χ0v) is 15.1. The third kappa shape index (κ3) is 3.54. The van der Waals surface area contributed by atoms with Crippen molar-refractivity contribution in [3.63, 3.8) is 0 Å². The number of aromatic nitrogens is 2. The van der Waals surface area contributed by atoms with E-state index in [1.54, 1.807) is 0 Å². The fourth-order valence-electron chi connectivity index (χ4n) is 3.14. The quantitative estimate of drug-likeness (QED) is 0.649. The molecule has 1 aliphatic rings. The summed E-state index contributed by atoms with van der Waals surface area (Å²) < 4.78 is 0. The Kier molecular flexibility index (Phi) is 4.71. The number of benzene rings is 2. The fourth-order valence-corrected chi connectivity index (χ4v) is 3.66. The Morgan fingerprint density at radius 2 is 1.72 bits per heavy atom. The molecule has 3 nitrogen and oxygen atoms in total. The average Bonchev–Trinajstić information content (AvgIpc) is 2.65. The van der Waals surface area contributed by atoms with Crippen molar-refractivity contribution in [3.8, 4) is 11.4 Å². The van der Waals surface area contributed by atoms with Crippen molar-refractivity contribution in [1.29, 1.82) is 0 Å². The first-order valence-electron chi connectivity index (χ1n) is 8.26. The maximum absolute atomic E-state index is 6.30. The van der Waals surface area contributed by atoms with Gasteiger partial charge in [-0.05, 0) is 12.1 Å². The summed E-state index contributed by atoms with van der Waals surface area (Å²) in [4.78, 5) is 11.7. The lowest BCUT2D eigenvalue weighted by Gasteiger charge is -2.28. The Morgan fingerprint density at radius 3 is 2.48 bits per heavy atom. The maximum Gasteiger partial charge on any atom is 0.159 e. The van der Waals surface area contributed by atoms with E-state index in [0.717, 1.165) is 48.7 Å². The van der Waals surface area contributed by atoms with E-state index in [2.05, 4.69) is 9.88 Å². The van der Waals surface area contributed by atoms with Gasteiger partial charge in [0, 0.05) is 59.0 Å². The molecule has 0 saturated carbocycles. The molecule has 126 valence electrons. The van der Waals surface area contributed by atoms with E-state index >= 15 is 0 Å². The van der Waals surface area contributed by atoms with E-state index < -0.39 is 0 Å². The Morgan fingerprint density at radius 1 is 0.960 bits per heavy atom. The highest BCUT2D eigenvalue weighted by molar-refractivity contribution is 6.35. The molecule has 2 aromatic carbocycles. The second-order valence-electron chi connectivity index (χ2n) is 6.19. The van der Waals surface area contributed by atoms with E-state index in [0.29, 0.717) is 10.0 Å². The second kappa shape index (κ2) is 7.12. The molecule has 2 heterocycles. The molecule has 5 heteroatoms. The van der Waals surface area contributed by atoms with Crippen LogP contribution in [0.5, 0.6) is 0 Å². The van der Waals surface area contributed by atoms with Gasteiger partial charge in [0.2, 0.25) is 0 Å². The number of nitrogens with zero attached hydrogens (tertiary/aromatic N) is 3. The van der Waals surface area contributed by atoms with Crippen LogP contribution in [0.15, 0.2) is 54.7 Å². The fraction of sp³-hybridized carbons (Fsp3) is 0.200. The van der Waals surface area contributed by atoms with E-state index in [-0.39, 0.29) is 0 Å². The van der Waals surface area contributed by atoms with Gasteiger partial charge in [0.15, 0.2) is 5.82 Å². The van der Waals surface area contributed by atoms with Crippen molar-refractivity contribution in [2.24, 2.45) is 0 Å². The van der Waals surface area contributed by atoms with Gasteiger partial charge < -0.3 is 0 Å². The van der Waals surface area contributed by atoms with Gasteiger partial charge in [-0.3, -0.25) is 4.90 Å². The van der Waals surface area contributed by atoms with Gasteiger partial charge in [0.25, 0.3) is 0 Å². The molecule has 0 unspecified atom stereocenters. The minimum atomic E-state index is 0.717. The second-order valence-corrected chi connectivity index (χ2v) is 7.01. The van der Waals surface area contributed by atoms with Crippen molar-refractivity contribution in [2.75, 3.05) is 6.54 Å². The van der Waals surface area contributed by atoms with Crippen molar-refractivity contribution < 1.29 is 0 Å². The summed E-state index contributed by atoms with van der Waals surface area (Å²) in [6, 6.07) is 15.7. The maximum atomic E-state index is 6.30. The summed E-state index contributed by atoms with van der Waals surface area (Å²) in [6.07, 6.45) is 2.85. The van der Waals surface area contributed by atoms with Crippen LogP contribution in [0.4, 0.5) is 0 Å². The molecular formula is C20H17Cl2N3. The van der Waals surface area contributed by atoms with Crippen LogP contribution < -0.4 is 0 Å². The molecule has 0 radical (unpaired) electrons. The third-order valence-electron chi connectivity index (χ3n) is 4.49. The normalized spacial score (nSPS) is 14.3. The standard InChI is InChI=1S/C20H17Cl2N3/c21-17-7-4-8-18(22)16(17)13-25-10-9-19-15(12-25)11-23-20(24-19)14-5-2-1-3-6-14/h1-8,11H,9-10,12-13H2. The van der Waals surface area contributed by atoms with Gasteiger partial charge in [0.05, 0.1) is 5.69 Å². The molecule has 0 amide bonds. The predicted octanol–water partition coefficient (Wildman–Crippen LogP) is 5.01. The molecular weight excluding hydrogens is 353 g/mol. The highest BCUT2D eigenvalue weighted by Crippen LogP contribution is 2.28. The Bertz CT molecular complexity index is 876. The number of halogens is 2. The lowest BCUT2D eigenvalue weighted by atomic mass is 10.1. The Hall–Kier alpha value is -1.94. The van der Waals surface area contributed by atoms with Crippen LogP contribution >= 0.6 is 23.2 Å². The van der Waals surface area contributed by atoms with E-state index in [1.807, 2.05) is 54.7 Å². The number of hydrogen-bond donors (Lipinski definition) is 0. The Labute approximate surface area is 157 Å². The largest absolute Gasteiger partial charge is 0.294 e. The topological polar surface area (TPSA) is 29.0 Å². The minimum absolute atomic E-state index is 0.717. The molecule has 4 rings (SSSR count). The molecule has 0 saturated heterocycles. The molecule has 0 atom stereocenters. The first kappa shape index (κ1) is 16.5. The Balaban J connectivity index is 1.54. The molecule has 0 fully saturated rings. The molecule has 0 N–H and O–H groups in total. The van der Waals surface area contributed by atoms with E-state index in [1.165, 1.54) is 5.56 Å². The van der Waals surface area contributed by atoms with Crippen LogP contribution in [0, 0.1) is 0 Å². The minimum Gasteiger partial charge on any atom is -0.294 e. The number of hydrogen-bond acceptors (Lipinski definition) is 3. The van der Waals surface area contributed by atoms with Crippen molar-refractivity contribution >= 4 is 23.2 Å². The van der Waals surface area contributed by atoms with Crippen LogP contribution in [0.1, 0.15) is 16.8 Å². The highest BCUT2D eigenvalue weighted by Gasteiger charge is 2.20. The predicted molar refractivity (Wildman–Crippen MR) is 102 cm³/mol. The van der Waals surface area contributed by atoms with Crippen molar-refractivity contribution in [3.05, 3.63) is 81.6 Å². The summed E-state index contributed by atoms with van der Waals surface area (Å²) in [6.45, 7) is 2.48. The first-order chi connectivity index (χ1) is 12.2. The van der Waals surface area contributed by atoms with Gasteiger partial charge in [0.1, 0.15) is 0 Å². The summed E-state index contributed by atoms with van der Waals surface area (Å²) >= 11 is 12.6. The van der Waals surface area contributed by atoms with Crippen LogP contribution in [-0.4, -0.2) is 21.4 Å². The molecule has 0 spiro atoms. The van der Waals surface area contributed by atoms with Crippen LogP contribution in [0.2, 0.25) is 10.0 Å². The highest BCUT2D eigenvalue weighted by atomic mass is 35.5. The zero-order valence-electron chi connectivity index (χ0n) is 13.6. The third-order valence-corrected chi connectivity index (χ3v) is 5.20. The van der Waals surface area contributed by atoms with Crippen LogP contribution in [0.3, 0.4) is 0 Å². The first-order valence-corrected chi connectivity index (χ1v) is 9.02. The number of rotatable bonds is 3. The lowest BCUT2D eigenvalue weighted by Crippen LogP contribution is -2.31. The SMILES string of the molecule is Clc1cccc(Cl)c1CN1CCc2nc(-c3ccccc3)ncc2C1. The van der Waals surface area contributed by atoms with Gasteiger partial charge in [-0.15, -0.1) is 0 Å². The number of fused-ring (bicyclic) bond motifs is 1. The summed E-state index contributed by atoms with van der Waals surface area (Å²) in [7, 11) is 0. The van der Waals surface area contributed by atoms with Gasteiger partial charge in [-0.1, -0.05) is 59.6 Å². The summed E-state index contributed by atoms with van der Waals surface area (Å²) in [5.74, 6) is 0.793.